The van der Waals surface area contributed by atoms with Crippen LogP contribution in [0.4, 0.5) is 0 Å². The van der Waals surface area contributed by atoms with Crippen molar-refractivity contribution in [3.63, 3.8) is 0 Å². The molecule has 1 aromatic rings. The highest BCUT2D eigenvalue weighted by molar-refractivity contribution is 4.74. The van der Waals surface area contributed by atoms with Crippen LogP contribution in [-0.2, 0) is 0 Å². The van der Waals surface area contributed by atoms with Crippen molar-refractivity contribution < 1.29 is 1.37 Å². The zero-order valence-electron chi connectivity index (χ0n) is 4.13. The van der Waals surface area contributed by atoms with E-state index >= 15 is 0 Å². The Morgan fingerprint density at radius 2 is 2.50 bits per heavy atom. The van der Waals surface area contributed by atoms with Crippen LogP contribution in [0.3, 0.4) is 0 Å². The molecule has 0 bridgehead atoms. The van der Waals surface area contributed by atoms with Gasteiger partial charge in [0.1, 0.15) is 6.33 Å². The molecular weight excluding hydrogens is 76.1 g/mol. The van der Waals surface area contributed by atoms with Crippen LogP contribution in [0.2, 0.25) is 0 Å². The van der Waals surface area contributed by atoms with E-state index in [0.717, 1.165) is 0 Å². The van der Waals surface area contributed by atoms with Crippen molar-refractivity contribution in [1.82, 2.24) is 9.97 Å². The van der Waals surface area contributed by atoms with Crippen molar-refractivity contribution >= 4 is 0 Å². The van der Waals surface area contributed by atoms with Crippen molar-refractivity contribution in [3.8, 4) is 0 Å². The lowest BCUT2D eigenvalue weighted by molar-refractivity contribution is 1.17. The summed E-state index contributed by atoms with van der Waals surface area (Å²) in [5.41, 5.74) is 0. The van der Waals surface area contributed by atoms with E-state index < -0.39 is 0 Å². The Hall–Kier alpha value is -0.920. The second-order valence-electron chi connectivity index (χ2n) is 0.838. The van der Waals surface area contributed by atoms with Crippen LogP contribution in [0.5, 0.6) is 0 Å². The minimum atomic E-state index is 0.259. The molecule has 0 radical (unpaired) electrons. The number of rotatable bonds is 0. The molecule has 0 aliphatic rings. The first-order valence-corrected chi connectivity index (χ1v) is 1.62. The summed E-state index contributed by atoms with van der Waals surface area (Å²) >= 11 is 0. The molecule has 1 heterocycles. The van der Waals surface area contributed by atoms with E-state index in [1.54, 1.807) is 0 Å². The minimum absolute atomic E-state index is 0.259. The van der Waals surface area contributed by atoms with E-state index in [0.29, 0.717) is 0 Å². The van der Waals surface area contributed by atoms with Crippen molar-refractivity contribution in [1.29, 1.82) is 0 Å². The van der Waals surface area contributed by atoms with E-state index in [1.807, 2.05) is 0 Å². The Bertz CT molecular complexity index is 140. The van der Waals surface area contributed by atoms with E-state index in [9.17, 15) is 0 Å². The van der Waals surface area contributed by atoms with Crippen LogP contribution in [-0.4, -0.2) is 9.97 Å². The fourth-order valence-corrected chi connectivity index (χ4v) is 0.225. The topological polar surface area (TPSA) is 25.8 Å². The standard InChI is InChI=1S/C4H4N2/c1-2-5-4-6-3-1/h1-4H/i2D. The molecule has 0 saturated carbocycles. The molecule has 2 heteroatoms. The summed E-state index contributed by atoms with van der Waals surface area (Å²) in [4.78, 5) is 7.15. The molecule has 0 N–H and O–H groups in total. The van der Waals surface area contributed by atoms with Gasteiger partial charge in [-0.25, -0.2) is 9.97 Å². The Kier molecular flexibility index (Phi) is 0.572. The quantitative estimate of drug-likeness (QED) is 0.454. The molecule has 0 amide bonds. The van der Waals surface area contributed by atoms with Crippen LogP contribution in [0.15, 0.2) is 24.8 Å². The molecule has 0 spiro atoms. The van der Waals surface area contributed by atoms with E-state index in [4.69, 9.17) is 1.37 Å². The molecule has 0 aliphatic carbocycles. The Morgan fingerprint density at radius 3 is 2.83 bits per heavy atom. The highest BCUT2D eigenvalue weighted by Crippen LogP contribution is 1.66. The predicted octanol–water partition coefficient (Wildman–Crippen LogP) is 0.477. The maximum atomic E-state index is 6.84. The van der Waals surface area contributed by atoms with E-state index in [1.165, 1.54) is 18.6 Å². The van der Waals surface area contributed by atoms with Crippen LogP contribution in [0, 0.1) is 0 Å². The molecule has 0 aromatic carbocycles. The molecule has 0 unspecified atom stereocenters. The molecule has 0 atom stereocenters. The third-order valence-corrected chi connectivity index (χ3v) is 0.434. The van der Waals surface area contributed by atoms with Gasteiger partial charge in [0.2, 0.25) is 0 Å². The highest BCUT2D eigenvalue weighted by atomic mass is 14.8. The molecule has 0 fully saturated rings. The SMILES string of the molecule is [2H]c1ccncn1. The first kappa shape index (κ1) is 2.29. The second-order valence-corrected chi connectivity index (χ2v) is 0.838. The first-order chi connectivity index (χ1) is 3.39. The molecular formula is C4H4N2. The average molecular weight is 81.1 g/mol. The Balaban J connectivity index is 3.02. The van der Waals surface area contributed by atoms with Crippen LogP contribution in [0.25, 0.3) is 0 Å². The van der Waals surface area contributed by atoms with Gasteiger partial charge >= 0.3 is 0 Å². The Labute approximate surface area is 37.3 Å². The van der Waals surface area contributed by atoms with Gasteiger partial charge < -0.3 is 0 Å². The van der Waals surface area contributed by atoms with Crippen molar-refractivity contribution in [2.24, 2.45) is 0 Å². The van der Waals surface area contributed by atoms with Crippen LogP contribution < -0.4 is 0 Å². The van der Waals surface area contributed by atoms with Gasteiger partial charge in [-0.3, -0.25) is 0 Å². The summed E-state index contributed by atoms with van der Waals surface area (Å²) in [6, 6.07) is 1.53. The lowest BCUT2D eigenvalue weighted by atomic mass is 10.7. The monoisotopic (exact) mass is 81.0 g/mol. The summed E-state index contributed by atoms with van der Waals surface area (Å²) in [6.45, 7) is 0. The fourth-order valence-electron chi connectivity index (χ4n) is 0.225. The van der Waals surface area contributed by atoms with Gasteiger partial charge in [0.25, 0.3) is 0 Å². The van der Waals surface area contributed by atoms with Crippen molar-refractivity contribution in [2.45, 2.75) is 0 Å². The van der Waals surface area contributed by atoms with E-state index in [-0.39, 0.29) is 6.17 Å². The van der Waals surface area contributed by atoms with Gasteiger partial charge in [-0.2, -0.15) is 0 Å². The van der Waals surface area contributed by atoms with Gasteiger partial charge in [0.05, 0.1) is 1.37 Å². The molecule has 1 aromatic heterocycles. The highest BCUT2D eigenvalue weighted by Gasteiger charge is 1.59. The van der Waals surface area contributed by atoms with Crippen molar-refractivity contribution in [3.05, 3.63) is 24.8 Å². The smallest absolute Gasteiger partial charge is 0.115 e. The number of aromatic nitrogens is 2. The predicted molar refractivity (Wildman–Crippen MR) is 22.0 cm³/mol. The second kappa shape index (κ2) is 1.50. The summed E-state index contributed by atoms with van der Waals surface area (Å²) in [5, 5.41) is 0. The summed E-state index contributed by atoms with van der Waals surface area (Å²) in [6.07, 6.45) is 3.15. The largest absolute Gasteiger partial charge is 0.245 e. The van der Waals surface area contributed by atoms with Gasteiger partial charge in [0, 0.05) is 12.4 Å². The van der Waals surface area contributed by atoms with Gasteiger partial charge in [-0.05, 0) is 6.07 Å². The van der Waals surface area contributed by atoms with Crippen molar-refractivity contribution in [2.75, 3.05) is 0 Å². The summed E-state index contributed by atoms with van der Waals surface area (Å²) < 4.78 is 6.84. The zero-order valence-corrected chi connectivity index (χ0v) is 3.13. The molecule has 2 nitrogen and oxygen atoms in total. The van der Waals surface area contributed by atoms with E-state index in [2.05, 4.69) is 9.97 Å². The molecule has 0 aliphatic heterocycles. The zero-order chi connectivity index (χ0) is 5.11. The van der Waals surface area contributed by atoms with Gasteiger partial charge in [-0.15, -0.1) is 0 Å². The number of hydrogen-bond acceptors (Lipinski definition) is 2. The first-order valence-electron chi connectivity index (χ1n) is 2.12. The Morgan fingerprint density at radius 1 is 1.50 bits per heavy atom. The van der Waals surface area contributed by atoms with Gasteiger partial charge in [-0.1, -0.05) is 0 Å². The fraction of sp³-hybridized carbons (Fsp3) is 0. The summed E-state index contributed by atoms with van der Waals surface area (Å²) in [7, 11) is 0. The average Bonchev–Trinajstić information content (AvgIpc) is 1.69. The molecule has 1 rings (SSSR count). The maximum Gasteiger partial charge on any atom is 0.115 e. The maximum absolute atomic E-state index is 6.84. The third kappa shape index (κ3) is 0.516. The van der Waals surface area contributed by atoms with Crippen LogP contribution in [0.1, 0.15) is 1.37 Å². The number of nitrogens with zero attached hydrogens (tertiary/aromatic N) is 2. The lowest BCUT2D eigenvalue weighted by Crippen LogP contribution is -1.66. The third-order valence-electron chi connectivity index (χ3n) is 0.434. The molecule has 6 heavy (non-hydrogen) atoms. The normalized spacial score (nSPS) is 10.3. The summed E-state index contributed by atoms with van der Waals surface area (Å²) in [5.74, 6) is 0. The lowest BCUT2D eigenvalue weighted by Gasteiger charge is -1.70. The molecule has 30 valence electrons. The minimum Gasteiger partial charge on any atom is -0.245 e. The molecule has 0 saturated heterocycles. The van der Waals surface area contributed by atoms with Gasteiger partial charge in [0.15, 0.2) is 0 Å². The number of hydrogen-bond donors (Lipinski definition) is 0. The van der Waals surface area contributed by atoms with Crippen LogP contribution >= 0.6 is 0 Å².